The lowest BCUT2D eigenvalue weighted by atomic mass is 9.83. The Labute approximate surface area is 144 Å². The van der Waals surface area contributed by atoms with E-state index in [0.717, 1.165) is 0 Å². The number of allylic oxidation sites excluding steroid dienone is 1. The number of carbonyl (C=O) groups excluding carboxylic acids is 4. The normalized spacial score (nSPS) is 21.0. The van der Waals surface area contributed by atoms with Crippen LogP contribution in [-0.4, -0.2) is 52.3 Å². The van der Waals surface area contributed by atoms with Gasteiger partial charge in [-0.25, -0.2) is 9.59 Å². The highest BCUT2D eigenvalue weighted by atomic mass is 16.5. The zero-order chi connectivity index (χ0) is 18.8. The van der Waals surface area contributed by atoms with E-state index in [1.165, 1.54) is 34.5 Å². The van der Waals surface area contributed by atoms with Crippen molar-refractivity contribution < 1.29 is 38.1 Å². The first-order chi connectivity index (χ1) is 11.8. The Bertz CT molecular complexity index is 669. The first-order valence-electron chi connectivity index (χ1n) is 7.61. The van der Waals surface area contributed by atoms with Crippen LogP contribution in [0.3, 0.4) is 0 Å². The topological polar surface area (TPSA) is 105 Å². The SMILES string of the molecule is COC(=O)C1=C(C(=O)OC)CC2CC(C(=O)OC)(C(=O)OC)CC2=C1. The largest absolute Gasteiger partial charge is 0.468 e. The lowest BCUT2D eigenvalue weighted by Gasteiger charge is -2.23. The summed E-state index contributed by atoms with van der Waals surface area (Å²) < 4.78 is 19.0. The predicted octanol–water partition coefficient (Wildman–Crippen LogP) is 0.701. The molecule has 2 rings (SSSR count). The standard InChI is InChI=1S/C17H20O8/c1-22-13(18)11-5-9-7-17(15(20)24-3,16(21)25-4)8-10(9)6-12(11)14(19)23-2/h5,10H,6-8H2,1-4H3. The smallest absolute Gasteiger partial charge is 0.338 e. The molecule has 136 valence electrons. The highest BCUT2D eigenvalue weighted by Crippen LogP contribution is 2.51. The maximum Gasteiger partial charge on any atom is 0.338 e. The Balaban J connectivity index is 2.47. The van der Waals surface area contributed by atoms with Gasteiger partial charge in [-0.15, -0.1) is 0 Å². The molecule has 0 amide bonds. The predicted molar refractivity (Wildman–Crippen MR) is 82.9 cm³/mol. The van der Waals surface area contributed by atoms with E-state index in [1.54, 1.807) is 0 Å². The highest BCUT2D eigenvalue weighted by Gasteiger charge is 2.56. The molecule has 0 bridgehead atoms. The number of hydrogen-bond donors (Lipinski definition) is 0. The van der Waals surface area contributed by atoms with Gasteiger partial charge in [0.25, 0.3) is 0 Å². The van der Waals surface area contributed by atoms with Crippen LogP contribution in [0.2, 0.25) is 0 Å². The minimum Gasteiger partial charge on any atom is -0.468 e. The van der Waals surface area contributed by atoms with Gasteiger partial charge in [-0.05, 0) is 31.3 Å². The van der Waals surface area contributed by atoms with E-state index < -0.39 is 29.3 Å². The molecule has 25 heavy (non-hydrogen) atoms. The molecule has 0 aliphatic heterocycles. The molecule has 8 heteroatoms. The zero-order valence-corrected chi connectivity index (χ0v) is 14.5. The molecule has 0 heterocycles. The van der Waals surface area contributed by atoms with Gasteiger partial charge < -0.3 is 18.9 Å². The van der Waals surface area contributed by atoms with Crippen molar-refractivity contribution in [1.29, 1.82) is 0 Å². The van der Waals surface area contributed by atoms with Crippen LogP contribution in [0.5, 0.6) is 0 Å². The molecule has 0 spiro atoms. The van der Waals surface area contributed by atoms with Crippen molar-refractivity contribution in [3.8, 4) is 0 Å². The lowest BCUT2D eigenvalue weighted by Crippen LogP contribution is -2.39. The second-order valence-electron chi connectivity index (χ2n) is 5.94. The molecule has 1 fully saturated rings. The van der Waals surface area contributed by atoms with E-state index in [-0.39, 0.29) is 36.3 Å². The summed E-state index contributed by atoms with van der Waals surface area (Å²) in [5.41, 5.74) is -0.545. The number of hydrogen-bond acceptors (Lipinski definition) is 8. The zero-order valence-electron chi connectivity index (χ0n) is 14.5. The molecular weight excluding hydrogens is 332 g/mol. The van der Waals surface area contributed by atoms with E-state index in [0.29, 0.717) is 5.57 Å². The maximum atomic E-state index is 12.3. The van der Waals surface area contributed by atoms with Crippen LogP contribution >= 0.6 is 0 Å². The van der Waals surface area contributed by atoms with E-state index in [4.69, 9.17) is 18.9 Å². The molecule has 0 N–H and O–H groups in total. The van der Waals surface area contributed by atoms with Crippen molar-refractivity contribution in [2.24, 2.45) is 11.3 Å². The quantitative estimate of drug-likeness (QED) is 0.414. The average Bonchev–Trinajstić information content (AvgIpc) is 3.03. The fourth-order valence-electron chi connectivity index (χ4n) is 3.51. The maximum absolute atomic E-state index is 12.3. The van der Waals surface area contributed by atoms with Crippen LogP contribution in [0, 0.1) is 11.3 Å². The fraction of sp³-hybridized carbons (Fsp3) is 0.529. The van der Waals surface area contributed by atoms with Crippen molar-refractivity contribution in [1.82, 2.24) is 0 Å². The Morgan fingerprint density at radius 1 is 0.920 bits per heavy atom. The minimum atomic E-state index is -1.48. The molecule has 1 atom stereocenters. The minimum absolute atomic E-state index is 0.0615. The molecule has 0 aromatic carbocycles. The number of fused-ring (bicyclic) bond motifs is 1. The Morgan fingerprint density at radius 3 is 1.96 bits per heavy atom. The first-order valence-corrected chi connectivity index (χ1v) is 7.61. The summed E-state index contributed by atoms with van der Waals surface area (Å²) in [6.07, 6.45) is 1.86. The molecule has 8 nitrogen and oxygen atoms in total. The number of rotatable bonds is 4. The van der Waals surface area contributed by atoms with Crippen LogP contribution < -0.4 is 0 Å². The Kier molecular flexibility index (Phi) is 5.30. The lowest BCUT2D eigenvalue weighted by molar-refractivity contribution is -0.168. The molecule has 0 saturated heterocycles. The molecular formula is C17H20O8. The van der Waals surface area contributed by atoms with Gasteiger partial charge in [0, 0.05) is 0 Å². The van der Waals surface area contributed by atoms with Crippen LogP contribution in [0.1, 0.15) is 19.3 Å². The van der Waals surface area contributed by atoms with Gasteiger partial charge in [0.1, 0.15) is 0 Å². The van der Waals surface area contributed by atoms with Gasteiger partial charge in [0.05, 0.1) is 39.6 Å². The number of esters is 4. The van der Waals surface area contributed by atoms with E-state index in [9.17, 15) is 19.2 Å². The van der Waals surface area contributed by atoms with Crippen molar-refractivity contribution >= 4 is 23.9 Å². The van der Waals surface area contributed by atoms with Crippen LogP contribution in [-0.2, 0) is 38.1 Å². The van der Waals surface area contributed by atoms with Crippen LogP contribution in [0.4, 0.5) is 0 Å². The molecule has 0 aromatic heterocycles. The summed E-state index contributed by atoms with van der Waals surface area (Å²) in [5.74, 6) is -3.01. The summed E-state index contributed by atoms with van der Waals surface area (Å²) in [4.78, 5) is 48.6. The second kappa shape index (κ2) is 7.08. The number of carbonyl (C=O) groups is 4. The van der Waals surface area contributed by atoms with Gasteiger partial charge in [-0.1, -0.05) is 5.57 Å². The molecule has 2 aliphatic carbocycles. The van der Waals surface area contributed by atoms with Crippen LogP contribution in [0.25, 0.3) is 0 Å². The van der Waals surface area contributed by atoms with Gasteiger partial charge >= 0.3 is 23.9 Å². The van der Waals surface area contributed by atoms with E-state index in [2.05, 4.69) is 0 Å². The monoisotopic (exact) mass is 352 g/mol. The summed E-state index contributed by atoms with van der Waals surface area (Å²) in [7, 11) is 4.81. The second-order valence-corrected chi connectivity index (χ2v) is 5.94. The number of methoxy groups -OCH3 is 4. The summed E-state index contributed by atoms with van der Waals surface area (Å²) >= 11 is 0. The van der Waals surface area contributed by atoms with Crippen molar-refractivity contribution in [3.05, 3.63) is 22.8 Å². The van der Waals surface area contributed by atoms with Crippen LogP contribution in [0.15, 0.2) is 22.8 Å². The van der Waals surface area contributed by atoms with Crippen molar-refractivity contribution in [2.75, 3.05) is 28.4 Å². The fourth-order valence-corrected chi connectivity index (χ4v) is 3.51. The third-order valence-corrected chi connectivity index (χ3v) is 4.72. The first kappa shape index (κ1) is 18.7. The third kappa shape index (κ3) is 3.04. The molecule has 0 radical (unpaired) electrons. The van der Waals surface area contributed by atoms with Gasteiger partial charge in [-0.3, -0.25) is 9.59 Å². The number of ether oxygens (including phenoxy) is 4. The molecule has 1 unspecified atom stereocenters. The summed E-state index contributed by atoms with van der Waals surface area (Å²) in [6, 6.07) is 0. The van der Waals surface area contributed by atoms with Gasteiger partial charge in [-0.2, -0.15) is 0 Å². The average molecular weight is 352 g/mol. The highest BCUT2D eigenvalue weighted by molar-refractivity contribution is 6.04. The molecule has 2 aliphatic rings. The van der Waals surface area contributed by atoms with E-state index >= 15 is 0 Å². The van der Waals surface area contributed by atoms with Gasteiger partial charge in [0.15, 0.2) is 5.41 Å². The molecule has 1 saturated carbocycles. The van der Waals surface area contributed by atoms with Gasteiger partial charge in [0.2, 0.25) is 0 Å². The summed E-state index contributed by atoms with van der Waals surface area (Å²) in [6.45, 7) is 0. The van der Waals surface area contributed by atoms with E-state index in [1.807, 2.05) is 0 Å². The Morgan fingerprint density at radius 2 is 1.48 bits per heavy atom. The third-order valence-electron chi connectivity index (χ3n) is 4.72. The summed E-state index contributed by atoms with van der Waals surface area (Å²) in [5, 5.41) is 0. The molecule has 0 aromatic rings. The van der Waals surface area contributed by atoms with Crippen molar-refractivity contribution in [3.63, 3.8) is 0 Å². The Hall–Kier alpha value is -2.64. The van der Waals surface area contributed by atoms with Crippen molar-refractivity contribution in [2.45, 2.75) is 19.3 Å².